The van der Waals surface area contributed by atoms with Crippen molar-refractivity contribution in [3.63, 3.8) is 0 Å². The molecule has 0 bridgehead atoms. The largest absolute Gasteiger partial charge is 0.378 e. The molecule has 0 spiro atoms. The number of morpholine rings is 1. The van der Waals surface area contributed by atoms with Crippen LogP contribution in [0.1, 0.15) is 10.4 Å². The minimum atomic E-state index is -0.656. The van der Waals surface area contributed by atoms with E-state index in [9.17, 15) is 19.7 Å². The Bertz CT molecular complexity index is 505. The summed E-state index contributed by atoms with van der Waals surface area (Å²) >= 11 is 0. The van der Waals surface area contributed by atoms with E-state index in [-0.39, 0.29) is 11.3 Å². The predicted molar refractivity (Wildman–Crippen MR) is 64.8 cm³/mol. The lowest BCUT2D eigenvalue weighted by Gasteiger charge is -2.26. The predicted octanol–water partition coefficient (Wildman–Crippen LogP) is 0.636. The normalized spacial score (nSPS) is 15.1. The van der Waals surface area contributed by atoms with Crippen molar-refractivity contribution in [1.29, 1.82) is 0 Å². The van der Waals surface area contributed by atoms with E-state index in [1.165, 1.54) is 29.2 Å². The van der Waals surface area contributed by atoms with Gasteiger partial charge < -0.3 is 9.64 Å². The summed E-state index contributed by atoms with van der Waals surface area (Å²) in [5, 5.41) is 10.5. The molecule has 1 aromatic carbocycles. The Labute approximate surface area is 108 Å². The van der Waals surface area contributed by atoms with Crippen LogP contribution >= 0.6 is 0 Å². The van der Waals surface area contributed by atoms with Crippen molar-refractivity contribution in [2.24, 2.45) is 0 Å². The molecule has 0 aromatic heterocycles. The van der Waals surface area contributed by atoms with E-state index < -0.39 is 16.6 Å². The summed E-state index contributed by atoms with van der Waals surface area (Å²) in [6.45, 7) is 1.60. The summed E-state index contributed by atoms with van der Waals surface area (Å²) in [4.78, 5) is 35.2. The van der Waals surface area contributed by atoms with Gasteiger partial charge in [-0.1, -0.05) is 0 Å². The number of carbonyl (C=O) groups excluding carboxylic acids is 2. The molecule has 1 fully saturated rings. The number of carbonyl (C=O) groups is 2. The Morgan fingerprint density at radius 1 is 1.16 bits per heavy atom. The minimum absolute atomic E-state index is 0.115. The zero-order chi connectivity index (χ0) is 13.8. The molecule has 7 nitrogen and oxygen atoms in total. The van der Waals surface area contributed by atoms with Crippen molar-refractivity contribution in [2.75, 3.05) is 26.3 Å². The summed E-state index contributed by atoms with van der Waals surface area (Å²) in [7, 11) is 0. The maximum Gasteiger partial charge on any atom is 0.295 e. The van der Waals surface area contributed by atoms with Crippen LogP contribution in [0.5, 0.6) is 0 Å². The van der Waals surface area contributed by atoms with Crippen LogP contribution in [0.25, 0.3) is 0 Å². The van der Waals surface area contributed by atoms with Gasteiger partial charge in [0.15, 0.2) is 0 Å². The van der Waals surface area contributed by atoms with Crippen LogP contribution in [-0.2, 0) is 9.53 Å². The van der Waals surface area contributed by atoms with Crippen LogP contribution in [0.15, 0.2) is 24.3 Å². The van der Waals surface area contributed by atoms with E-state index in [4.69, 9.17) is 4.74 Å². The third kappa shape index (κ3) is 2.94. The van der Waals surface area contributed by atoms with Gasteiger partial charge in [-0.25, -0.2) is 0 Å². The molecule has 1 saturated heterocycles. The maximum atomic E-state index is 11.9. The molecule has 0 unspecified atom stereocenters. The van der Waals surface area contributed by atoms with E-state index in [1.807, 2.05) is 0 Å². The number of nitro groups is 1. The third-order valence-corrected chi connectivity index (χ3v) is 2.83. The van der Waals surface area contributed by atoms with Crippen molar-refractivity contribution in [1.82, 2.24) is 4.90 Å². The number of ether oxygens (including phenoxy) is 1. The van der Waals surface area contributed by atoms with Crippen LogP contribution in [0, 0.1) is 10.1 Å². The van der Waals surface area contributed by atoms with Crippen LogP contribution in [0.2, 0.25) is 0 Å². The lowest BCUT2D eigenvalue weighted by atomic mass is 10.1. The second-order valence-corrected chi connectivity index (χ2v) is 4.04. The highest BCUT2D eigenvalue weighted by Gasteiger charge is 2.25. The summed E-state index contributed by atoms with van der Waals surface area (Å²) in [6.07, 6.45) is 0. The number of benzene rings is 1. The van der Waals surface area contributed by atoms with Gasteiger partial charge >= 0.3 is 0 Å². The molecule has 7 heteroatoms. The summed E-state index contributed by atoms with van der Waals surface area (Å²) in [5.41, 5.74) is 0.0393. The molecule has 0 N–H and O–H groups in total. The fraction of sp³-hybridized carbons (Fsp3) is 0.333. The highest BCUT2D eigenvalue weighted by molar-refractivity contribution is 6.42. The lowest BCUT2D eigenvalue weighted by molar-refractivity contribution is -0.384. The summed E-state index contributed by atoms with van der Waals surface area (Å²) in [5.74, 6) is -1.26. The molecule has 2 rings (SSSR count). The first-order valence-corrected chi connectivity index (χ1v) is 5.75. The second-order valence-electron chi connectivity index (χ2n) is 4.04. The highest BCUT2D eigenvalue weighted by Crippen LogP contribution is 2.13. The first-order valence-electron chi connectivity index (χ1n) is 5.75. The van der Waals surface area contributed by atoms with Crippen LogP contribution in [0.3, 0.4) is 0 Å². The van der Waals surface area contributed by atoms with E-state index in [0.717, 1.165) is 0 Å². The zero-order valence-corrected chi connectivity index (χ0v) is 10.1. The molecule has 0 saturated carbocycles. The van der Waals surface area contributed by atoms with Gasteiger partial charge in [-0.15, -0.1) is 0 Å². The molecule has 1 aliphatic rings. The highest BCUT2D eigenvalue weighted by atomic mass is 16.6. The van der Waals surface area contributed by atoms with Gasteiger partial charge in [0.25, 0.3) is 11.6 Å². The molecule has 100 valence electrons. The topological polar surface area (TPSA) is 89.8 Å². The number of non-ortho nitro benzene ring substituents is 1. The molecule has 0 atom stereocenters. The Hall–Kier alpha value is -2.28. The number of Topliss-reactive ketones (excluding diaryl/α,β-unsaturated/α-hetero) is 1. The quantitative estimate of drug-likeness (QED) is 0.346. The second kappa shape index (κ2) is 5.57. The molecule has 1 amide bonds. The van der Waals surface area contributed by atoms with Gasteiger partial charge in [0.1, 0.15) is 0 Å². The van der Waals surface area contributed by atoms with Gasteiger partial charge in [0.05, 0.1) is 18.1 Å². The maximum absolute atomic E-state index is 11.9. The number of hydrogen-bond acceptors (Lipinski definition) is 5. The van der Waals surface area contributed by atoms with E-state index in [2.05, 4.69) is 0 Å². The smallest absolute Gasteiger partial charge is 0.295 e. The number of ketones is 1. The van der Waals surface area contributed by atoms with E-state index in [0.29, 0.717) is 26.3 Å². The SMILES string of the molecule is O=C(C(=O)N1CCOCC1)c1ccc([N+](=O)[O-])cc1. The van der Waals surface area contributed by atoms with Crippen molar-refractivity contribution in [3.8, 4) is 0 Å². The number of hydrogen-bond donors (Lipinski definition) is 0. The van der Waals surface area contributed by atoms with Gasteiger partial charge in [0, 0.05) is 30.8 Å². The molecular formula is C12H12N2O5. The Kier molecular flexibility index (Phi) is 3.86. The van der Waals surface area contributed by atoms with Crippen molar-refractivity contribution in [3.05, 3.63) is 39.9 Å². The van der Waals surface area contributed by atoms with E-state index >= 15 is 0 Å². The standard InChI is InChI=1S/C12H12N2O5/c15-11(12(16)13-5-7-19-8-6-13)9-1-3-10(4-2-9)14(17)18/h1-4H,5-8H2. The van der Waals surface area contributed by atoms with Crippen molar-refractivity contribution < 1.29 is 19.2 Å². The molecule has 1 aliphatic heterocycles. The van der Waals surface area contributed by atoms with Crippen LogP contribution < -0.4 is 0 Å². The molecule has 19 heavy (non-hydrogen) atoms. The monoisotopic (exact) mass is 264 g/mol. The van der Waals surface area contributed by atoms with Gasteiger partial charge in [-0.2, -0.15) is 0 Å². The van der Waals surface area contributed by atoms with Gasteiger partial charge in [-0.3, -0.25) is 19.7 Å². The molecule has 0 aliphatic carbocycles. The molecular weight excluding hydrogens is 252 g/mol. The van der Waals surface area contributed by atoms with Crippen molar-refractivity contribution >= 4 is 17.4 Å². The van der Waals surface area contributed by atoms with E-state index in [1.54, 1.807) is 0 Å². The molecule has 1 aromatic rings. The number of nitro benzene ring substituents is 1. The Balaban J connectivity index is 2.10. The first kappa shape index (κ1) is 13.2. The fourth-order valence-corrected chi connectivity index (χ4v) is 1.77. The summed E-state index contributed by atoms with van der Waals surface area (Å²) < 4.78 is 5.10. The Morgan fingerprint density at radius 3 is 2.26 bits per heavy atom. The number of amides is 1. The van der Waals surface area contributed by atoms with Gasteiger partial charge in [-0.05, 0) is 12.1 Å². The molecule has 1 heterocycles. The average molecular weight is 264 g/mol. The van der Waals surface area contributed by atoms with Crippen LogP contribution in [-0.4, -0.2) is 47.8 Å². The lowest BCUT2D eigenvalue weighted by Crippen LogP contribution is -2.44. The first-order chi connectivity index (χ1) is 9.09. The average Bonchev–Trinajstić information content (AvgIpc) is 2.46. The fourth-order valence-electron chi connectivity index (χ4n) is 1.77. The zero-order valence-electron chi connectivity index (χ0n) is 10.1. The summed E-state index contributed by atoms with van der Waals surface area (Å²) in [6, 6.07) is 5.00. The number of nitrogens with zero attached hydrogens (tertiary/aromatic N) is 2. The van der Waals surface area contributed by atoms with Crippen LogP contribution in [0.4, 0.5) is 5.69 Å². The Morgan fingerprint density at radius 2 is 1.74 bits per heavy atom. The minimum Gasteiger partial charge on any atom is -0.378 e. The third-order valence-electron chi connectivity index (χ3n) is 2.83. The molecule has 0 radical (unpaired) electrons. The van der Waals surface area contributed by atoms with Gasteiger partial charge in [0.2, 0.25) is 5.78 Å². The number of rotatable bonds is 3. The van der Waals surface area contributed by atoms with Crippen molar-refractivity contribution in [2.45, 2.75) is 0 Å².